The first-order valence-electron chi connectivity index (χ1n) is 5.42. The second kappa shape index (κ2) is 4.79. The molecule has 2 N–H and O–H groups in total. The maximum atomic E-state index is 5.99. The fraction of sp³-hybridized carbons (Fsp3) is 0.500. The maximum absolute atomic E-state index is 5.99. The number of nitrogen functional groups attached to an aromatic ring is 1. The van der Waals surface area contributed by atoms with Crippen molar-refractivity contribution in [3.63, 3.8) is 0 Å². The van der Waals surface area contributed by atoms with E-state index in [0.717, 1.165) is 23.7 Å². The Labute approximate surface area is 104 Å². The third-order valence-electron chi connectivity index (χ3n) is 2.25. The predicted octanol–water partition coefficient (Wildman–Crippen LogP) is 2.03. The molecule has 0 saturated carbocycles. The molecule has 6 nitrogen and oxygen atoms in total. The van der Waals surface area contributed by atoms with E-state index in [1.807, 2.05) is 11.6 Å². The third-order valence-corrected chi connectivity index (χ3v) is 3.22. The normalized spacial score (nSPS) is 11.0. The highest BCUT2D eigenvalue weighted by molar-refractivity contribution is 7.99. The Hall–Kier alpha value is -1.50. The van der Waals surface area contributed by atoms with Gasteiger partial charge in [-0.1, -0.05) is 6.92 Å². The van der Waals surface area contributed by atoms with E-state index in [2.05, 4.69) is 22.2 Å². The molecule has 0 spiro atoms. The quantitative estimate of drug-likeness (QED) is 0.897. The molecule has 0 aliphatic heterocycles. The van der Waals surface area contributed by atoms with Gasteiger partial charge in [-0.25, -0.2) is 0 Å². The Bertz CT molecular complexity index is 519. The lowest BCUT2D eigenvalue weighted by Crippen LogP contribution is -2.01. The van der Waals surface area contributed by atoms with Crippen LogP contribution in [0.2, 0.25) is 0 Å². The summed E-state index contributed by atoms with van der Waals surface area (Å²) in [4.78, 5) is 0. The maximum Gasteiger partial charge on any atom is 0.282 e. The van der Waals surface area contributed by atoms with Crippen LogP contribution in [0.1, 0.15) is 24.9 Å². The van der Waals surface area contributed by atoms with Crippen molar-refractivity contribution in [2.24, 2.45) is 0 Å². The first-order valence-corrected chi connectivity index (χ1v) is 6.24. The number of nitrogens with two attached hydrogens (primary N) is 1. The number of aromatic nitrogens is 4. The first kappa shape index (κ1) is 12.0. The molecule has 0 fully saturated rings. The van der Waals surface area contributed by atoms with Gasteiger partial charge in [-0.15, -0.1) is 10.2 Å². The van der Waals surface area contributed by atoms with E-state index in [1.165, 1.54) is 11.8 Å². The van der Waals surface area contributed by atoms with Crippen molar-refractivity contribution in [2.45, 2.75) is 44.0 Å². The minimum Gasteiger partial charge on any atom is -0.416 e. The Morgan fingerprint density at radius 3 is 2.71 bits per heavy atom. The summed E-state index contributed by atoms with van der Waals surface area (Å²) >= 11 is 1.36. The molecular weight excluding hydrogens is 238 g/mol. The molecule has 0 amide bonds. The summed E-state index contributed by atoms with van der Waals surface area (Å²) in [5.41, 5.74) is 7.50. The Balaban J connectivity index is 2.30. The van der Waals surface area contributed by atoms with Crippen molar-refractivity contribution in [2.75, 3.05) is 5.73 Å². The summed E-state index contributed by atoms with van der Waals surface area (Å²) in [5.74, 6) is 0.546. The Morgan fingerprint density at radius 1 is 1.35 bits per heavy atom. The van der Waals surface area contributed by atoms with Gasteiger partial charge in [0.05, 0.1) is 11.4 Å². The predicted molar refractivity (Wildman–Crippen MR) is 64.8 cm³/mol. The van der Waals surface area contributed by atoms with Crippen LogP contribution in [0.3, 0.4) is 0 Å². The monoisotopic (exact) mass is 253 g/mol. The largest absolute Gasteiger partial charge is 0.416 e. The summed E-state index contributed by atoms with van der Waals surface area (Å²) in [5, 5.41) is 13.5. The molecule has 0 radical (unpaired) electrons. The highest BCUT2D eigenvalue weighted by atomic mass is 32.2. The minimum atomic E-state index is 0.492. The van der Waals surface area contributed by atoms with Crippen LogP contribution >= 0.6 is 11.8 Å². The molecule has 2 heterocycles. The molecule has 0 saturated heterocycles. The van der Waals surface area contributed by atoms with Crippen LogP contribution in [0.15, 0.2) is 14.7 Å². The molecule has 0 aliphatic rings. The van der Waals surface area contributed by atoms with Crippen molar-refractivity contribution in [1.82, 2.24) is 20.0 Å². The van der Waals surface area contributed by atoms with Crippen LogP contribution < -0.4 is 5.73 Å². The average Bonchev–Trinajstić information content (AvgIpc) is 2.79. The lowest BCUT2D eigenvalue weighted by Gasteiger charge is -2.03. The van der Waals surface area contributed by atoms with Gasteiger partial charge in [0.15, 0.2) is 0 Å². The molecular formula is C10H15N5OS. The summed E-state index contributed by atoms with van der Waals surface area (Å²) in [6, 6.07) is 0. The molecule has 17 heavy (non-hydrogen) atoms. The summed E-state index contributed by atoms with van der Waals surface area (Å²) in [6.45, 7) is 6.58. The van der Waals surface area contributed by atoms with Crippen molar-refractivity contribution in [3.8, 4) is 0 Å². The molecule has 0 atom stereocenters. The van der Waals surface area contributed by atoms with Gasteiger partial charge in [-0.2, -0.15) is 5.10 Å². The second-order valence-corrected chi connectivity index (χ2v) is 4.66. The van der Waals surface area contributed by atoms with Crippen LogP contribution in [0.5, 0.6) is 0 Å². The lowest BCUT2D eigenvalue weighted by atomic mass is 10.4. The highest BCUT2D eigenvalue weighted by Crippen LogP contribution is 2.32. The van der Waals surface area contributed by atoms with E-state index in [4.69, 9.17) is 10.2 Å². The van der Waals surface area contributed by atoms with Gasteiger partial charge in [0.1, 0.15) is 5.03 Å². The zero-order valence-corrected chi connectivity index (χ0v) is 10.9. The van der Waals surface area contributed by atoms with E-state index in [0.29, 0.717) is 16.8 Å². The van der Waals surface area contributed by atoms with Crippen molar-refractivity contribution in [3.05, 3.63) is 11.6 Å². The average molecular weight is 253 g/mol. The third kappa shape index (κ3) is 2.44. The molecule has 0 aromatic carbocycles. The molecule has 0 aliphatic carbocycles. The fourth-order valence-electron chi connectivity index (χ4n) is 1.45. The van der Waals surface area contributed by atoms with E-state index >= 15 is 0 Å². The van der Waals surface area contributed by atoms with Crippen molar-refractivity contribution in [1.29, 1.82) is 0 Å². The van der Waals surface area contributed by atoms with Gasteiger partial charge in [-0.05, 0) is 25.1 Å². The van der Waals surface area contributed by atoms with Crippen LogP contribution in [0.25, 0.3) is 0 Å². The molecule has 0 unspecified atom stereocenters. The van der Waals surface area contributed by atoms with Gasteiger partial charge < -0.3 is 10.2 Å². The molecule has 2 aromatic heterocycles. The number of rotatable bonds is 4. The number of aryl methyl sites for hydroxylation is 3. The van der Waals surface area contributed by atoms with Gasteiger partial charge in [0.2, 0.25) is 5.89 Å². The smallest absolute Gasteiger partial charge is 0.282 e. The summed E-state index contributed by atoms with van der Waals surface area (Å²) < 4.78 is 7.21. The van der Waals surface area contributed by atoms with E-state index in [9.17, 15) is 0 Å². The van der Waals surface area contributed by atoms with Crippen LogP contribution in [0, 0.1) is 13.8 Å². The van der Waals surface area contributed by atoms with Gasteiger partial charge in [0, 0.05) is 13.5 Å². The Kier molecular flexibility index (Phi) is 3.37. The lowest BCUT2D eigenvalue weighted by molar-refractivity contribution is 0.428. The van der Waals surface area contributed by atoms with Crippen LogP contribution in [0.4, 0.5) is 5.69 Å². The topological polar surface area (TPSA) is 82.8 Å². The number of hydrogen-bond donors (Lipinski definition) is 1. The van der Waals surface area contributed by atoms with Gasteiger partial charge in [0.25, 0.3) is 5.22 Å². The Morgan fingerprint density at radius 2 is 2.12 bits per heavy atom. The van der Waals surface area contributed by atoms with Gasteiger partial charge in [-0.3, -0.25) is 4.68 Å². The van der Waals surface area contributed by atoms with Crippen LogP contribution in [-0.4, -0.2) is 20.0 Å². The van der Waals surface area contributed by atoms with E-state index < -0.39 is 0 Å². The number of nitrogens with zero attached hydrogens (tertiary/aromatic N) is 4. The molecule has 92 valence electrons. The van der Waals surface area contributed by atoms with Gasteiger partial charge >= 0.3 is 0 Å². The van der Waals surface area contributed by atoms with Crippen LogP contribution in [-0.2, 0) is 6.54 Å². The summed E-state index contributed by atoms with van der Waals surface area (Å²) in [6.07, 6.45) is 0.997. The minimum absolute atomic E-state index is 0.492. The molecule has 2 aromatic rings. The number of anilines is 1. The highest BCUT2D eigenvalue weighted by Gasteiger charge is 2.16. The first-order chi connectivity index (χ1) is 8.11. The molecule has 2 rings (SSSR count). The van der Waals surface area contributed by atoms with Crippen molar-refractivity contribution < 1.29 is 4.42 Å². The SMILES string of the molecule is CCCn1nc(C)c(N)c1Sc1nnc(C)o1. The molecule has 7 heteroatoms. The van der Waals surface area contributed by atoms with E-state index in [1.54, 1.807) is 6.92 Å². The zero-order chi connectivity index (χ0) is 12.4. The zero-order valence-electron chi connectivity index (χ0n) is 10.1. The fourth-order valence-corrected chi connectivity index (χ4v) is 2.35. The van der Waals surface area contributed by atoms with E-state index in [-0.39, 0.29) is 0 Å². The number of hydrogen-bond acceptors (Lipinski definition) is 6. The summed E-state index contributed by atoms with van der Waals surface area (Å²) in [7, 11) is 0. The molecule has 0 bridgehead atoms. The van der Waals surface area contributed by atoms with Crippen molar-refractivity contribution >= 4 is 17.4 Å². The standard InChI is InChI=1S/C10H15N5OS/c1-4-5-15-9(8(11)6(2)14-15)17-10-13-12-7(3)16-10/h4-5,11H2,1-3H3. The second-order valence-electron chi connectivity index (χ2n) is 3.72.